The van der Waals surface area contributed by atoms with Gasteiger partial charge in [-0.25, -0.2) is 0 Å². The predicted octanol–water partition coefficient (Wildman–Crippen LogP) is 4.36. The van der Waals surface area contributed by atoms with Gasteiger partial charge in [0.25, 0.3) is 0 Å². The van der Waals surface area contributed by atoms with E-state index in [0.717, 1.165) is 12.8 Å². The van der Waals surface area contributed by atoms with Crippen LogP contribution in [0.3, 0.4) is 0 Å². The predicted molar refractivity (Wildman–Crippen MR) is 84.4 cm³/mol. The van der Waals surface area contributed by atoms with Crippen molar-refractivity contribution in [3.05, 3.63) is 60.3 Å². The first-order valence-corrected chi connectivity index (χ1v) is 7.45. The molecule has 0 radical (unpaired) electrons. The van der Waals surface area contributed by atoms with Gasteiger partial charge in [0.15, 0.2) is 11.7 Å². The van der Waals surface area contributed by atoms with Gasteiger partial charge in [0.05, 0.1) is 5.56 Å². The molecule has 0 aliphatic carbocycles. The smallest absolute Gasteiger partial charge is 0.193 e. The summed E-state index contributed by atoms with van der Waals surface area (Å²) in [5, 5.41) is 0. The number of pyridine rings is 1. The summed E-state index contributed by atoms with van der Waals surface area (Å²) in [7, 11) is 0. The lowest BCUT2D eigenvalue weighted by Crippen LogP contribution is -2.55. The zero-order chi connectivity index (χ0) is 14.2. The number of aromatic nitrogens is 1. The largest absolute Gasteiger partial charge is 0.213 e. The molecule has 2 aliphatic heterocycles. The third kappa shape index (κ3) is 1.98. The number of benzene rings is 1. The number of aryl methyl sites for hydroxylation is 1. The van der Waals surface area contributed by atoms with Gasteiger partial charge >= 0.3 is 0 Å². The van der Waals surface area contributed by atoms with Crippen molar-refractivity contribution in [2.24, 2.45) is 0 Å². The number of nitrogens with zero attached hydrogens (tertiary/aromatic N) is 1. The third-order valence-corrected chi connectivity index (χ3v) is 4.77. The van der Waals surface area contributed by atoms with Crippen LogP contribution in [0, 0.1) is 0 Å². The molecule has 0 N–H and O–H groups in total. The summed E-state index contributed by atoms with van der Waals surface area (Å²) in [6.07, 6.45) is 7.62. The van der Waals surface area contributed by atoms with Crippen molar-refractivity contribution in [2.45, 2.75) is 38.6 Å². The molecule has 1 aromatic heterocycles. The molecule has 2 aromatic rings. The van der Waals surface area contributed by atoms with E-state index in [4.69, 9.17) is 0 Å². The summed E-state index contributed by atoms with van der Waals surface area (Å²) in [5.74, 6) is 0. The second-order valence-corrected chi connectivity index (χ2v) is 5.93. The summed E-state index contributed by atoms with van der Waals surface area (Å²) in [6, 6.07) is 13.3. The van der Waals surface area contributed by atoms with Crippen LogP contribution in [0.25, 0.3) is 17.3 Å². The Morgan fingerprint density at radius 1 is 1.30 bits per heavy atom. The minimum absolute atomic E-state index is 0.170. The zero-order valence-electron chi connectivity index (χ0n) is 12.4. The zero-order valence-corrected chi connectivity index (χ0v) is 12.4. The molecule has 2 bridgehead atoms. The Morgan fingerprint density at radius 3 is 2.90 bits per heavy atom. The van der Waals surface area contributed by atoms with E-state index in [0.29, 0.717) is 0 Å². The first-order valence-electron chi connectivity index (χ1n) is 7.45. The Hall–Kier alpha value is -1.89. The van der Waals surface area contributed by atoms with Gasteiger partial charge in [-0.15, -0.1) is 0 Å². The minimum Gasteiger partial charge on any atom is -0.193 e. The van der Waals surface area contributed by atoms with Crippen LogP contribution in [0.4, 0.5) is 0 Å². The van der Waals surface area contributed by atoms with Crippen LogP contribution in [-0.4, -0.2) is 0 Å². The molecule has 0 saturated heterocycles. The standard InChI is InChI=1S/C19H22N/c1-4-16-14-15-9-10-17(16)18-8-6-7-13-20(18)19(3,5-2)12-11-15/h4,6-10,13-14H,1,5,11-12H2,2-3H3/q+1. The third-order valence-electron chi connectivity index (χ3n) is 4.77. The summed E-state index contributed by atoms with van der Waals surface area (Å²) in [4.78, 5) is 0. The molecule has 20 heavy (non-hydrogen) atoms. The van der Waals surface area contributed by atoms with E-state index in [1.807, 2.05) is 6.08 Å². The number of hydrogen-bond donors (Lipinski definition) is 0. The Balaban J connectivity index is 2.34. The fourth-order valence-corrected chi connectivity index (χ4v) is 3.18. The second-order valence-electron chi connectivity index (χ2n) is 5.93. The van der Waals surface area contributed by atoms with Crippen LogP contribution < -0.4 is 4.57 Å². The van der Waals surface area contributed by atoms with Gasteiger partial charge < -0.3 is 0 Å². The van der Waals surface area contributed by atoms with E-state index in [2.05, 4.69) is 67.6 Å². The summed E-state index contributed by atoms with van der Waals surface area (Å²) >= 11 is 0. The molecule has 3 heterocycles. The fraction of sp³-hybridized carbons (Fsp3) is 0.316. The molecule has 1 aromatic carbocycles. The van der Waals surface area contributed by atoms with Gasteiger partial charge in [-0.05, 0) is 29.7 Å². The Morgan fingerprint density at radius 2 is 2.15 bits per heavy atom. The lowest BCUT2D eigenvalue weighted by atomic mass is 9.90. The average Bonchev–Trinajstić information content (AvgIpc) is 2.60. The maximum atomic E-state index is 3.99. The van der Waals surface area contributed by atoms with Crippen LogP contribution in [0.1, 0.15) is 37.8 Å². The molecule has 0 spiro atoms. The van der Waals surface area contributed by atoms with Crippen LogP contribution in [-0.2, 0) is 12.0 Å². The monoisotopic (exact) mass is 264 g/mol. The minimum atomic E-state index is 0.170. The van der Waals surface area contributed by atoms with Crippen molar-refractivity contribution in [1.29, 1.82) is 0 Å². The SMILES string of the molecule is C=Cc1cc2ccc1-c1cccc[n+]1C(C)(CC)CC2. The molecule has 0 amide bonds. The lowest BCUT2D eigenvalue weighted by Gasteiger charge is -2.24. The molecule has 1 heteroatoms. The van der Waals surface area contributed by atoms with Gasteiger partial charge in [0, 0.05) is 31.9 Å². The quantitative estimate of drug-likeness (QED) is 0.710. The maximum Gasteiger partial charge on any atom is 0.213 e. The first-order chi connectivity index (χ1) is 9.68. The lowest BCUT2D eigenvalue weighted by molar-refractivity contribution is -0.753. The Bertz CT molecular complexity index is 657. The maximum absolute atomic E-state index is 3.99. The van der Waals surface area contributed by atoms with Crippen molar-refractivity contribution >= 4 is 6.08 Å². The van der Waals surface area contributed by atoms with E-state index in [-0.39, 0.29) is 5.54 Å². The molecule has 0 saturated carbocycles. The number of hydrogen-bond acceptors (Lipinski definition) is 0. The van der Waals surface area contributed by atoms with E-state index in [9.17, 15) is 0 Å². The van der Waals surface area contributed by atoms with Gasteiger partial charge in [0.2, 0.25) is 5.69 Å². The average molecular weight is 264 g/mol. The van der Waals surface area contributed by atoms with Crippen molar-refractivity contribution in [3.63, 3.8) is 0 Å². The molecule has 4 rings (SSSR count). The molecule has 1 atom stereocenters. The van der Waals surface area contributed by atoms with Crippen molar-refractivity contribution in [2.75, 3.05) is 0 Å². The highest BCUT2D eigenvalue weighted by atomic mass is 15.0. The fourth-order valence-electron chi connectivity index (χ4n) is 3.18. The highest BCUT2D eigenvalue weighted by Crippen LogP contribution is 2.31. The Kier molecular flexibility index (Phi) is 3.21. The van der Waals surface area contributed by atoms with Crippen molar-refractivity contribution < 1.29 is 4.57 Å². The molecule has 1 unspecified atom stereocenters. The van der Waals surface area contributed by atoms with Crippen molar-refractivity contribution in [3.8, 4) is 11.3 Å². The highest BCUT2D eigenvalue weighted by molar-refractivity contribution is 5.71. The van der Waals surface area contributed by atoms with E-state index < -0.39 is 0 Å². The molecule has 1 nitrogen and oxygen atoms in total. The Labute approximate surface area is 121 Å². The topological polar surface area (TPSA) is 3.88 Å². The van der Waals surface area contributed by atoms with Crippen LogP contribution in [0.15, 0.2) is 49.2 Å². The molecular formula is C19H22N+. The van der Waals surface area contributed by atoms with Crippen LogP contribution >= 0.6 is 0 Å². The summed E-state index contributed by atoms with van der Waals surface area (Å²) in [6.45, 7) is 8.65. The highest BCUT2D eigenvalue weighted by Gasteiger charge is 2.36. The van der Waals surface area contributed by atoms with Crippen molar-refractivity contribution in [1.82, 2.24) is 0 Å². The number of rotatable bonds is 2. The molecule has 2 aliphatic rings. The van der Waals surface area contributed by atoms with Crippen LogP contribution in [0.2, 0.25) is 0 Å². The summed E-state index contributed by atoms with van der Waals surface area (Å²) < 4.78 is 2.46. The van der Waals surface area contributed by atoms with Gasteiger partial charge in [-0.2, -0.15) is 4.57 Å². The molecule has 0 fully saturated rings. The normalized spacial score (nSPS) is 20.7. The second kappa shape index (κ2) is 4.90. The van der Waals surface area contributed by atoms with E-state index in [1.54, 1.807) is 0 Å². The summed E-state index contributed by atoms with van der Waals surface area (Å²) in [5.41, 5.74) is 5.40. The van der Waals surface area contributed by atoms with Crippen LogP contribution in [0.5, 0.6) is 0 Å². The number of fused-ring (bicyclic) bond motifs is 4. The van der Waals surface area contributed by atoms with E-state index >= 15 is 0 Å². The van der Waals surface area contributed by atoms with Gasteiger partial charge in [-0.1, -0.05) is 31.7 Å². The van der Waals surface area contributed by atoms with Gasteiger partial charge in [-0.3, -0.25) is 0 Å². The molecule has 102 valence electrons. The molecular weight excluding hydrogens is 242 g/mol. The van der Waals surface area contributed by atoms with Gasteiger partial charge in [0.1, 0.15) is 0 Å². The van der Waals surface area contributed by atoms with E-state index in [1.165, 1.54) is 28.8 Å². The first kappa shape index (κ1) is 13.1.